The largest absolute Gasteiger partial charge is 0.502 e. The van der Waals surface area contributed by atoms with Crippen molar-refractivity contribution in [2.45, 2.75) is 0 Å². The first-order valence-corrected chi connectivity index (χ1v) is 8.48. The van der Waals surface area contributed by atoms with Crippen LogP contribution in [0.25, 0.3) is 0 Å². The van der Waals surface area contributed by atoms with Gasteiger partial charge in [-0.3, -0.25) is 15.1 Å². The summed E-state index contributed by atoms with van der Waals surface area (Å²) in [5, 5.41) is 21.1. The average Bonchev–Trinajstić information content (AvgIpc) is 2.63. The van der Waals surface area contributed by atoms with E-state index in [-0.39, 0.29) is 11.3 Å². The second-order valence-electron chi connectivity index (χ2n) is 5.47. The lowest BCUT2D eigenvalue weighted by molar-refractivity contribution is -0.385. The van der Waals surface area contributed by atoms with Crippen molar-refractivity contribution < 1.29 is 14.8 Å². The highest BCUT2D eigenvalue weighted by Gasteiger charge is 2.18. The Bertz CT molecular complexity index is 820. The van der Waals surface area contributed by atoms with Crippen molar-refractivity contribution >= 4 is 39.2 Å². The smallest absolute Gasteiger partial charge is 0.312 e. The lowest BCUT2D eigenvalue weighted by Gasteiger charge is -2.29. The first-order valence-electron chi connectivity index (χ1n) is 7.69. The minimum atomic E-state index is -0.626. The van der Waals surface area contributed by atoms with Crippen LogP contribution in [-0.2, 0) is 4.74 Å². The zero-order valence-electron chi connectivity index (χ0n) is 13.3. The van der Waals surface area contributed by atoms with Crippen molar-refractivity contribution in [2.75, 3.05) is 31.2 Å². The zero-order valence-corrected chi connectivity index (χ0v) is 14.8. The minimum absolute atomic E-state index is 0.276. The Morgan fingerprint density at radius 3 is 2.72 bits per heavy atom. The predicted molar refractivity (Wildman–Crippen MR) is 99.2 cm³/mol. The highest BCUT2D eigenvalue weighted by molar-refractivity contribution is 9.10. The van der Waals surface area contributed by atoms with Gasteiger partial charge in [-0.1, -0.05) is 28.1 Å². The summed E-state index contributed by atoms with van der Waals surface area (Å²) in [4.78, 5) is 17.0. The van der Waals surface area contributed by atoms with E-state index < -0.39 is 10.7 Å². The number of phenols is 1. The molecular weight excluding hydrogens is 390 g/mol. The third-order valence-corrected chi connectivity index (χ3v) is 4.31. The highest BCUT2D eigenvalue weighted by atomic mass is 79.9. The summed E-state index contributed by atoms with van der Waals surface area (Å²) < 4.78 is 5.87. The molecule has 7 nitrogen and oxygen atoms in total. The second kappa shape index (κ2) is 7.62. The van der Waals surface area contributed by atoms with Crippen molar-refractivity contribution in [3.8, 4) is 5.75 Å². The van der Waals surface area contributed by atoms with Gasteiger partial charge in [0.15, 0.2) is 0 Å². The van der Waals surface area contributed by atoms with Crippen LogP contribution in [0.5, 0.6) is 5.75 Å². The van der Waals surface area contributed by atoms with Gasteiger partial charge in [-0.2, -0.15) is 0 Å². The third kappa shape index (κ3) is 3.97. The topological polar surface area (TPSA) is 88.2 Å². The lowest BCUT2D eigenvalue weighted by Crippen LogP contribution is -2.36. The van der Waals surface area contributed by atoms with E-state index in [1.165, 1.54) is 12.3 Å². The van der Waals surface area contributed by atoms with Crippen LogP contribution >= 0.6 is 15.9 Å². The summed E-state index contributed by atoms with van der Waals surface area (Å²) in [6.07, 6.45) is 1.44. The number of nitro groups is 1. The molecule has 1 N–H and O–H groups in total. The van der Waals surface area contributed by atoms with Crippen LogP contribution in [0.2, 0.25) is 0 Å². The number of halogens is 1. The van der Waals surface area contributed by atoms with Crippen molar-refractivity contribution in [2.24, 2.45) is 4.99 Å². The van der Waals surface area contributed by atoms with Gasteiger partial charge in [0, 0.05) is 35.4 Å². The highest BCUT2D eigenvalue weighted by Crippen LogP contribution is 2.34. The van der Waals surface area contributed by atoms with E-state index >= 15 is 0 Å². The molecule has 1 aliphatic heterocycles. The molecule has 0 saturated carbocycles. The van der Waals surface area contributed by atoms with Gasteiger partial charge in [-0.15, -0.1) is 0 Å². The Balaban J connectivity index is 1.94. The number of anilines is 1. The summed E-state index contributed by atoms with van der Waals surface area (Å²) in [5.74, 6) is -0.402. The molecule has 25 heavy (non-hydrogen) atoms. The second-order valence-corrected chi connectivity index (χ2v) is 6.38. The first kappa shape index (κ1) is 17.4. The van der Waals surface area contributed by atoms with Crippen molar-refractivity contribution in [3.63, 3.8) is 0 Å². The van der Waals surface area contributed by atoms with E-state index in [0.717, 1.165) is 24.5 Å². The number of ether oxygens (including phenoxy) is 1. The van der Waals surface area contributed by atoms with Crippen molar-refractivity contribution in [3.05, 3.63) is 56.5 Å². The Hall–Kier alpha value is -2.45. The molecule has 0 radical (unpaired) electrons. The zero-order chi connectivity index (χ0) is 17.8. The molecule has 2 aromatic rings. The number of rotatable bonds is 4. The molecule has 1 saturated heterocycles. The van der Waals surface area contributed by atoms with Gasteiger partial charge in [-0.05, 0) is 18.2 Å². The fourth-order valence-corrected chi connectivity index (χ4v) is 3.09. The normalized spacial score (nSPS) is 14.8. The Kier molecular flexibility index (Phi) is 5.30. The van der Waals surface area contributed by atoms with Crippen LogP contribution in [0.1, 0.15) is 5.56 Å². The molecule has 1 heterocycles. The molecule has 8 heteroatoms. The fraction of sp³-hybridized carbons (Fsp3) is 0.235. The molecule has 0 amide bonds. The van der Waals surface area contributed by atoms with Crippen LogP contribution in [-0.4, -0.2) is 42.5 Å². The Morgan fingerprint density at radius 1 is 1.28 bits per heavy atom. The van der Waals surface area contributed by atoms with Crippen LogP contribution < -0.4 is 4.90 Å². The SMILES string of the molecule is O=[N+]([O-])c1cc(Br)cc(C=Nc2ccccc2N2CCOCC2)c1O. The predicted octanol–water partition coefficient (Wildman–Crippen LogP) is 3.65. The quantitative estimate of drug-likeness (QED) is 0.476. The Morgan fingerprint density at radius 2 is 2.00 bits per heavy atom. The number of nitrogens with zero attached hydrogens (tertiary/aromatic N) is 3. The maximum Gasteiger partial charge on any atom is 0.312 e. The minimum Gasteiger partial charge on any atom is -0.502 e. The lowest BCUT2D eigenvalue weighted by atomic mass is 10.2. The number of aromatic hydroxyl groups is 1. The van der Waals surface area contributed by atoms with Gasteiger partial charge >= 0.3 is 5.69 Å². The maximum atomic E-state index is 11.0. The van der Waals surface area contributed by atoms with E-state index in [2.05, 4.69) is 25.8 Å². The molecule has 3 rings (SSSR count). The number of hydrogen-bond donors (Lipinski definition) is 1. The third-order valence-electron chi connectivity index (χ3n) is 3.86. The number of morpholine rings is 1. The number of benzene rings is 2. The summed E-state index contributed by atoms with van der Waals surface area (Å²) in [6, 6.07) is 10.5. The number of hydrogen-bond acceptors (Lipinski definition) is 6. The van der Waals surface area contributed by atoms with E-state index in [1.807, 2.05) is 24.3 Å². The maximum absolute atomic E-state index is 11.0. The molecule has 1 aliphatic rings. The fourth-order valence-electron chi connectivity index (χ4n) is 2.63. The summed E-state index contributed by atoms with van der Waals surface area (Å²) in [5.41, 5.74) is 1.60. The Labute approximate surface area is 152 Å². The van der Waals surface area contributed by atoms with E-state index in [9.17, 15) is 15.2 Å². The standard InChI is InChI=1S/C17H16BrN3O4/c18-13-9-12(17(22)16(10-13)21(23)24)11-19-14-3-1-2-4-15(14)20-5-7-25-8-6-20/h1-4,9-11,22H,5-8H2. The monoisotopic (exact) mass is 405 g/mol. The van der Waals surface area contributed by atoms with Crippen LogP contribution in [0, 0.1) is 10.1 Å². The van der Waals surface area contributed by atoms with Gasteiger partial charge in [0.1, 0.15) is 0 Å². The summed E-state index contributed by atoms with van der Waals surface area (Å²) >= 11 is 3.22. The van der Waals surface area contributed by atoms with Crippen LogP contribution in [0.4, 0.5) is 17.1 Å². The number of aliphatic imine (C=N–C) groups is 1. The van der Waals surface area contributed by atoms with E-state index in [4.69, 9.17) is 4.74 Å². The van der Waals surface area contributed by atoms with Crippen molar-refractivity contribution in [1.82, 2.24) is 0 Å². The summed E-state index contributed by atoms with van der Waals surface area (Å²) in [6.45, 7) is 2.88. The molecule has 0 bridgehead atoms. The van der Waals surface area contributed by atoms with Crippen molar-refractivity contribution in [1.29, 1.82) is 0 Å². The van der Waals surface area contributed by atoms with Gasteiger partial charge in [0.25, 0.3) is 0 Å². The van der Waals surface area contributed by atoms with E-state index in [1.54, 1.807) is 6.07 Å². The van der Waals surface area contributed by atoms with Gasteiger partial charge in [0.05, 0.1) is 29.5 Å². The molecule has 1 fully saturated rings. The van der Waals surface area contributed by atoms with E-state index in [0.29, 0.717) is 17.7 Å². The number of nitro benzene ring substituents is 1. The molecule has 130 valence electrons. The molecule has 0 atom stereocenters. The number of para-hydroxylation sites is 2. The molecule has 0 aliphatic carbocycles. The number of phenolic OH excluding ortho intramolecular Hbond substituents is 1. The molecule has 0 aromatic heterocycles. The van der Waals surface area contributed by atoms with Gasteiger partial charge < -0.3 is 14.7 Å². The molecular formula is C17H16BrN3O4. The molecule has 2 aromatic carbocycles. The molecule has 0 spiro atoms. The van der Waals surface area contributed by atoms with Gasteiger partial charge in [-0.25, -0.2) is 0 Å². The summed E-state index contributed by atoms with van der Waals surface area (Å²) in [7, 11) is 0. The van der Waals surface area contributed by atoms with Crippen LogP contribution in [0.3, 0.4) is 0 Å². The average molecular weight is 406 g/mol. The molecule has 0 unspecified atom stereocenters. The first-order chi connectivity index (χ1) is 12.1. The van der Waals surface area contributed by atoms with Crippen LogP contribution in [0.15, 0.2) is 45.9 Å². The van der Waals surface area contributed by atoms with Gasteiger partial charge in [0.2, 0.25) is 5.75 Å².